The number of nitrogens with one attached hydrogen (secondary N) is 1. The fourth-order valence-corrected chi connectivity index (χ4v) is 10.4. The molecule has 0 atom stereocenters. The topological polar surface area (TPSA) is 15.3 Å². The van der Waals surface area contributed by atoms with Crippen LogP contribution in [-0.4, -0.2) is 14.1 Å². The van der Waals surface area contributed by atoms with Crippen LogP contribution in [0.25, 0.3) is 53.9 Å². The molecule has 0 fully saturated rings. The molecule has 1 heterocycles. The second-order valence-corrected chi connectivity index (χ2v) is 17.8. The van der Waals surface area contributed by atoms with Crippen molar-refractivity contribution in [1.29, 1.82) is 0 Å². The van der Waals surface area contributed by atoms with E-state index in [2.05, 4.69) is 228 Å². The van der Waals surface area contributed by atoms with Crippen LogP contribution < -0.4 is 10.2 Å². The standard InChI is InChI=1S/C55H50N2S/c1-54(2,50-45-28-13-9-24-41(45)43-26-11-15-30-47(43)52(50)56-5)35-18-17-22-39(58-40-34-33-37-20-7-8-21-38(37)36-40)23-19-32-49-55(3,4)51-46-29-14-10-25-42(46)44-27-12-16-31-48(44)53(51)57(49)6/h7-34,36,56H,35H2,1-6H3/b18-17+,23-19+,39-22-,49-32+. The van der Waals surface area contributed by atoms with Crippen molar-refractivity contribution in [3.63, 3.8) is 0 Å². The summed E-state index contributed by atoms with van der Waals surface area (Å²) in [4.78, 5) is 4.83. The number of anilines is 2. The molecule has 286 valence electrons. The molecule has 1 aliphatic rings. The summed E-state index contributed by atoms with van der Waals surface area (Å²) in [6.45, 7) is 9.50. The first kappa shape index (κ1) is 37.5. The lowest BCUT2D eigenvalue weighted by atomic mass is 9.76. The lowest BCUT2D eigenvalue weighted by molar-refractivity contribution is 0.541. The van der Waals surface area contributed by atoms with E-state index in [0.29, 0.717) is 0 Å². The average Bonchev–Trinajstić information content (AvgIpc) is 3.45. The van der Waals surface area contributed by atoms with Gasteiger partial charge in [-0.15, -0.1) is 0 Å². The largest absolute Gasteiger partial charge is 0.387 e. The SMILES string of the molecule is CNc1c(C(C)(C)C/C=C/C=C(/C=C/C=C2/N(C)c3c(c4ccccc4c4ccccc34)C2(C)C)Sc2ccc3ccccc3c2)c2ccccc2c2ccccc12. The van der Waals surface area contributed by atoms with E-state index in [-0.39, 0.29) is 10.8 Å². The summed E-state index contributed by atoms with van der Waals surface area (Å²) in [5.41, 5.74) is 6.27. The Morgan fingerprint density at radius 1 is 0.655 bits per heavy atom. The van der Waals surface area contributed by atoms with Crippen LogP contribution in [0.2, 0.25) is 0 Å². The quantitative estimate of drug-likeness (QED) is 0.0894. The van der Waals surface area contributed by atoms with E-state index < -0.39 is 0 Å². The monoisotopic (exact) mass is 770 g/mol. The summed E-state index contributed by atoms with van der Waals surface area (Å²) in [7, 11) is 4.29. The third-order valence-electron chi connectivity index (χ3n) is 12.2. The summed E-state index contributed by atoms with van der Waals surface area (Å²) in [6.07, 6.45) is 14.6. The number of hydrogen-bond donors (Lipinski definition) is 1. The van der Waals surface area contributed by atoms with Gasteiger partial charge in [-0.1, -0.05) is 185 Å². The van der Waals surface area contributed by atoms with Crippen molar-refractivity contribution in [2.45, 2.75) is 49.8 Å². The Labute approximate surface area is 347 Å². The third kappa shape index (κ3) is 6.48. The minimum absolute atomic E-state index is 0.125. The van der Waals surface area contributed by atoms with Gasteiger partial charge in [-0.2, -0.15) is 0 Å². The van der Waals surface area contributed by atoms with Gasteiger partial charge in [0.15, 0.2) is 0 Å². The minimum atomic E-state index is -0.182. The van der Waals surface area contributed by atoms with Crippen LogP contribution in [0.5, 0.6) is 0 Å². The molecule has 1 N–H and O–H groups in total. The van der Waals surface area contributed by atoms with Crippen molar-refractivity contribution in [3.05, 3.63) is 198 Å². The Kier molecular flexibility index (Phi) is 9.74. The Morgan fingerprint density at radius 3 is 1.90 bits per heavy atom. The normalized spacial score (nSPS) is 15.3. The van der Waals surface area contributed by atoms with E-state index in [1.54, 1.807) is 0 Å². The second kappa shape index (κ2) is 15.0. The highest BCUT2D eigenvalue weighted by molar-refractivity contribution is 8.03. The highest BCUT2D eigenvalue weighted by atomic mass is 32.2. The van der Waals surface area contributed by atoms with Crippen LogP contribution in [-0.2, 0) is 10.8 Å². The number of likely N-dealkylation sites (N-methyl/N-ethyl adjacent to an activating group) is 1. The zero-order valence-electron chi connectivity index (χ0n) is 34.3. The minimum Gasteiger partial charge on any atom is -0.387 e. The number of thioether (sulfide) groups is 1. The predicted molar refractivity (Wildman–Crippen MR) is 256 cm³/mol. The number of benzene rings is 8. The Balaban J connectivity index is 1.07. The fourth-order valence-electron chi connectivity index (χ4n) is 9.55. The van der Waals surface area contributed by atoms with Crippen LogP contribution in [0, 0.1) is 0 Å². The summed E-state index contributed by atoms with van der Waals surface area (Å²) < 4.78 is 0. The zero-order valence-corrected chi connectivity index (χ0v) is 35.1. The van der Waals surface area contributed by atoms with Crippen molar-refractivity contribution in [2.75, 3.05) is 24.3 Å². The molecular weight excluding hydrogens is 721 g/mol. The number of rotatable bonds is 9. The molecule has 0 unspecified atom stereocenters. The van der Waals surface area contributed by atoms with Crippen LogP contribution in [0.15, 0.2) is 191 Å². The van der Waals surface area contributed by atoms with E-state index in [0.717, 1.165) is 6.42 Å². The van der Waals surface area contributed by atoms with E-state index in [4.69, 9.17) is 0 Å². The summed E-state index contributed by atoms with van der Waals surface area (Å²) in [5, 5.41) is 16.5. The van der Waals surface area contributed by atoms with Crippen molar-refractivity contribution >= 4 is 77.0 Å². The molecule has 0 saturated carbocycles. The molecule has 8 aromatic rings. The summed E-state index contributed by atoms with van der Waals surface area (Å²) in [5.74, 6) is 0. The molecule has 0 spiro atoms. The van der Waals surface area contributed by atoms with Crippen LogP contribution in [0.4, 0.5) is 11.4 Å². The van der Waals surface area contributed by atoms with Crippen molar-refractivity contribution < 1.29 is 0 Å². The van der Waals surface area contributed by atoms with Gasteiger partial charge in [-0.25, -0.2) is 0 Å². The van der Waals surface area contributed by atoms with Gasteiger partial charge >= 0.3 is 0 Å². The van der Waals surface area contributed by atoms with Gasteiger partial charge in [-0.05, 0) is 96.4 Å². The van der Waals surface area contributed by atoms with Crippen LogP contribution >= 0.6 is 11.8 Å². The maximum absolute atomic E-state index is 3.61. The molecule has 2 nitrogen and oxygen atoms in total. The molecule has 9 rings (SSSR count). The lowest BCUT2D eigenvalue weighted by Gasteiger charge is -2.30. The van der Waals surface area contributed by atoms with E-state index in [1.165, 1.54) is 91.9 Å². The first-order valence-electron chi connectivity index (χ1n) is 20.4. The van der Waals surface area contributed by atoms with Crippen molar-refractivity contribution in [1.82, 2.24) is 0 Å². The van der Waals surface area contributed by atoms with E-state index in [9.17, 15) is 0 Å². The molecule has 0 amide bonds. The van der Waals surface area contributed by atoms with Gasteiger partial charge in [0.05, 0.1) is 5.69 Å². The van der Waals surface area contributed by atoms with Crippen molar-refractivity contribution in [2.24, 2.45) is 0 Å². The van der Waals surface area contributed by atoms with Gasteiger partial charge < -0.3 is 10.2 Å². The first-order chi connectivity index (χ1) is 28.2. The molecule has 8 aromatic carbocycles. The fraction of sp³-hybridized carbons (Fsp3) is 0.164. The van der Waals surface area contributed by atoms with Crippen LogP contribution in [0.3, 0.4) is 0 Å². The van der Waals surface area contributed by atoms with E-state index >= 15 is 0 Å². The Bertz CT molecular complexity index is 3010. The smallest absolute Gasteiger partial charge is 0.0534 e. The number of nitrogens with zero attached hydrogens (tertiary/aromatic N) is 1. The third-order valence-corrected chi connectivity index (χ3v) is 13.2. The van der Waals surface area contributed by atoms with Gasteiger partial charge in [-0.3, -0.25) is 0 Å². The molecule has 0 bridgehead atoms. The molecule has 1 aliphatic heterocycles. The number of fused-ring (bicyclic) bond motifs is 10. The summed E-state index contributed by atoms with van der Waals surface area (Å²) >= 11 is 1.81. The average molecular weight is 771 g/mol. The first-order valence-corrected chi connectivity index (χ1v) is 21.2. The van der Waals surface area contributed by atoms with Gasteiger partial charge in [0.25, 0.3) is 0 Å². The molecule has 0 saturated heterocycles. The molecule has 58 heavy (non-hydrogen) atoms. The molecular formula is C55H50N2S. The predicted octanol–water partition coefficient (Wildman–Crippen LogP) is 15.3. The lowest BCUT2D eigenvalue weighted by Crippen LogP contribution is -2.22. The second-order valence-electron chi connectivity index (χ2n) is 16.7. The molecule has 0 radical (unpaired) electrons. The Morgan fingerprint density at radius 2 is 1.21 bits per heavy atom. The highest BCUT2D eigenvalue weighted by Crippen LogP contribution is 2.53. The van der Waals surface area contributed by atoms with Gasteiger partial charge in [0.2, 0.25) is 0 Å². The highest BCUT2D eigenvalue weighted by Gasteiger charge is 2.41. The molecule has 0 aromatic heterocycles. The zero-order chi connectivity index (χ0) is 40.0. The Hall–Kier alpha value is -6.03. The summed E-state index contributed by atoms with van der Waals surface area (Å²) in [6, 6.07) is 50.8. The number of allylic oxidation sites excluding steroid dienone is 7. The van der Waals surface area contributed by atoms with Crippen molar-refractivity contribution in [3.8, 4) is 0 Å². The number of hydrogen-bond acceptors (Lipinski definition) is 3. The molecule has 3 heteroatoms. The van der Waals surface area contributed by atoms with Gasteiger partial charge in [0.1, 0.15) is 0 Å². The van der Waals surface area contributed by atoms with E-state index in [1.807, 2.05) is 11.8 Å². The maximum atomic E-state index is 3.61. The van der Waals surface area contributed by atoms with Gasteiger partial charge in [0, 0.05) is 51.5 Å². The molecule has 0 aliphatic carbocycles. The maximum Gasteiger partial charge on any atom is 0.0534 e. The van der Waals surface area contributed by atoms with Crippen LogP contribution in [0.1, 0.15) is 45.2 Å².